The number of hydrogen-bond donors (Lipinski definition) is 1. The minimum atomic E-state index is -1.01. The van der Waals surface area contributed by atoms with Crippen LogP contribution in [0.25, 0.3) is 0 Å². The molecular formula is C63H93N5O14. The molecular weight excluding hydrogens is 1050 g/mol. The van der Waals surface area contributed by atoms with Crippen LogP contribution in [-0.4, -0.2) is 158 Å². The zero-order valence-electron chi connectivity index (χ0n) is 51.3. The molecule has 6 aliphatic rings. The summed E-state index contributed by atoms with van der Waals surface area (Å²) < 4.78 is 60.2. The summed E-state index contributed by atoms with van der Waals surface area (Å²) in [7, 11) is 4.19. The molecule has 2 N–H and O–H groups in total. The van der Waals surface area contributed by atoms with E-state index >= 15 is 0 Å². The Kier molecular flexibility index (Phi) is 19.6. The Morgan fingerprint density at radius 1 is 0.683 bits per heavy atom. The second-order valence-electron chi connectivity index (χ2n) is 25.5. The molecule has 3 heterocycles. The highest BCUT2D eigenvalue weighted by Gasteiger charge is 2.47. The lowest BCUT2D eigenvalue weighted by molar-refractivity contribution is -0.170. The molecule has 3 amide bonds. The summed E-state index contributed by atoms with van der Waals surface area (Å²) in [5.74, 6) is 2.95. The van der Waals surface area contributed by atoms with Crippen molar-refractivity contribution < 1.29 is 66.5 Å². The van der Waals surface area contributed by atoms with E-state index in [2.05, 4.69) is 38.1 Å². The monoisotopic (exact) mass is 1140 g/mol. The zero-order valence-corrected chi connectivity index (χ0v) is 51.3. The molecule has 3 fully saturated rings. The Morgan fingerprint density at radius 2 is 1.26 bits per heavy atom. The van der Waals surface area contributed by atoms with Crippen LogP contribution >= 0.6 is 0 Å². The van der Waals surface area contributed by atoms with E-state index < -0.39 is 22.7 Å². The number of carbonyl (C=O) groups excluding carboxylic acids is 4. The smallest absolute Gasteiger partial charge is 0.410 e. The first-order valence-electron chi connectivity index (χ1n) is 29.9. The topological polar surface area (TPSA) is 200 Å². The molecule has 19 heteroatoms. The van der Waals surface area contributed by atoms with Gasteiger partial charge in [-0.15, -0.1) is 0 Å². The van der Waals surface area contributed by atoms with Gasteiger partial charge in [-0.25, -0.2) is 14.4 Å². The third kappa shape index (κ3) is 14.3. The minimum Gasteiger partial charge on any atom is -0.468 e. The van der Waals surface area contributed by atoms with E-state index in [1.54, 1.807) is 49.3 Å². The van der Waals surface area contributed by atoms with Crippen LogP contribution in [0.1, 0.15) is 157 Å². The molecule has 10 unspecified atom stereocenters. The molecule has 0 radical (unpaired) electrons. The van der Waals surface area contributed by atoms with Crippen LogP contribution in [0.2, 0.25) is 0 Å². The van der Waals surface area contributed by atoms with Crippen LogP contribution in [0.5, 0.6) is 23.0 Å². The van der Waals surface area contributed by atoms with Crippen LogP contribution < -0.4 is 24.7 Å². The number of carbonyl (C=O) groups is 4. The number of benzene rings is 2. The van der Waals surface area contributed by atoms with Crippen LogP contribution in [0, 0.1) is 11.3 Å². The van der Waals surface area contributed by atoms with E-state index in [0.717, 1.165) is 45.8 Å². The molecule has 1 saturated heterocycles. The standard InChI is InChI=1S/C63H93N5O14/c1-15-66(58(70)73-34-62(10,11)82-57(69)61(7,8)9)40(6)26-43-28-49(56-63(12,33-43)79-37-78-56)47-32-45(20-22-51(47)65(13)14)81-60(72)68(17-3)39(5)25-42-27-48(55-54(30-42)76-36-77-55)46-31-44(19-21-50(46)64)80-59(71)67(16-2)38(4)24-41-18-23-52-53(29-41)75-35-74-52/h18,23,27-30,38-40,44-47,50-51H,15-17,19-22,24-26,31-37,64H2,1-14H3. The summed E-state index contributed by atoms with van der Waals surface area (Å²) in [5.41, 5.74) is 9.61. The van der Waals surface area contributed by atoms with Gasteiger partial charge in [0.1, 0.15) is 35.8 Å². The first-order valence-corrected chi connectivity index (χ1v) is 29.9. The van der Waals surface area contributed by atoms with Gasteiger partial charge in [-0.05, 0) is 190 Å². The van der Waals surface area contributed by atoms with Crippen molar-refractivity contribution in [2.75, 3.05) is 60.7 Å². The summed E-state index contributed by atoms with van der Waals surface area (Å²) in [5, 5.41) is 0. The SMILES string of the molecule is CCN(C(=O)OCC(C)(C)OC(=O)C(C)(C)C)C(C)CC1=CC(C2CC(OC(=O)N(CC)C(C)Cc3cc4c(c(C5CC(OC(=O)N(CC)C(C)Cc6ccc7c(c6)OCO7)CCC5N)c3)OCO4)CCC2N(C)C)=C2OCOC2(C)C1. The number of nitrogens with two attached hydrogens (primary N) is 1. The van der Waals surface area contributed by atoms with E-state index in [4.69, 9.17) is 53.1 Å². The van der Waals surface area contributed by atoms with Crippen molar-refractivity contribution >= 4 is 24.2 Å². The lowest BCUT2D eigenvalue weighted by Gasteiger charge is -2.43. The van der Waals surface area contributed by atoms with E-state index in [0.29, 0.717) is 94.7 Å². The van der Waals surface area contributed by atoms with Gasteiger partial charge in [0.05, 0.1) is 5.41 Å². The fourth-order valence-corrected chi connectivity index (χ4v) is 12.9. The van der Waals surface area contributed by atoms with Crippen molar-refractivity contribution in [2.24, 2.45) is 17.1 Å². The Balaban J connectivity index is 0.917. The predicted molar refractivity (Wildman–Crippen MR) is 309 cm³/mol. The number of fused-ring (bicyclic) bond motifs is 3. The maximum absolute atomic E-state index is 14.5. The van der Waals surface area contributed by atoms with E-state index in [1.165, 1.54) is 0 Å². The van der Waals surface area contributed by atoms with Crippen molar-refractivity contribution in [1.82, 2.24) is 19.6 Å². The molecule has 82 heavy (non-hydrogen) atoms. The number of likely N-dealkylation sites (N-methyl/N-ethyl adjacent to an activating group) is 2. The second kappa shape index (κ2) is 25.9. The van der Waals surface area contributed by atoms with Crippen molar-refractivity contribution in [3.63, 3.8) is 0 Å². The maximum atomic E-state index is 14.5. The van der Waals surface area contributed by atoms with Crippen molar-refractivity contribution in [3.8, 4) is 23.0 Å². The Bertz CT molecular complexity index is 2680. The van der Waals surface area contributed by atoms with Gasteiger partial charge in [0.25, 0.3) is 0 Å². The highest BCUT2D eigenvalue weighted by molar-refractivity contribution is 5.76. The van der Waals surface area contributed by atoms with Crippen LogP contribution in [-0.2, 0) is 46.1 Å². The molecule has 3 aliphatic carbocycles. The van der Waals surface area contributed by atoms with Crippen molar-refractivity contribution in [3.05, 3.63) is 70.0 Å². The molecule has 19 nitrogen and oxygen atoms in total. The fourth-order valence-electron chi connectivity index (χ4n) is 12.9. The van der Waals surface area contributed by atoms with Gasteiger partial charge < -0.3 is 72.7 Å². The minimum absolute atomic E-state index is 0.0521. The number of esters is 1. The number of hydrogen-bond acceptors (Lipinski definition) is 16. The molecule has 0 spiro atoms. The first-order chi connectivity index (χ1) is 38.8. The Morgan fingerprint density at radius 3 is 1.90 bits per heavy atom. The van der Waals surface area contributed by atoms with Gasteiger partial charge in [0.2, 0.25) is 13.6 Å². The summed E-state index contributed by atoms with van der Waals surface area (Å²) in [6, 6.07) is 9.34. The Hall–Kier alpha value is -5.92. The van der Waals surface area contributed by atoms with Gasteiger partial charge >= 0.3 is 24.2 Å². The van der Waals surface area contributed by atoms with Crippen molar-refractivity contribution in [2.45, 2.75) is 207 Å². The summed E-state index contributed by atoms with van der Waals surface area (Å²) in [4.78, 5) is 62.2. The van der Waals surface area contributed by atoms with Crippen molar-refractivity contribution in [1.29, 1.82) is 0 Å². The predicted octanol–water partition coefficient (Wildman–Crippen LogP) is 10.6. The van der Waals surface area contributed by atoms with E-state index in [1.807, 2.05) is 65.8 Å². The first kappa shape index (κ1) is 62.1. The third-order valence-corrected chi connectivity index (χ3v) is 17.3. The van der Waals surface area contributed by atoms with Gasteiger partial charge in [-0.2, -0.15) is 0 Å². The largest absolute Gasteiger partial charge is 0.468 e. The zero-order chi connectivity index (χ0) is 59.4. The average Bonchev–Trinajstić information content (AvgIpc) is 4.32. The number of amides is 3. The second-order valence-corrected chi connectivity index (χ2v) is 25.5. The van der Waals surface area contributed by atoms with Crippen LogP contribution in [0.4, 0.5) is 14.4 Å². The lowest BCUT2D eigenvalue weighted by Crippen LogP contribution is -2.47. The molecule has 10 atom stereocenters. The van der Waals surface area contributed by atoms with Crippen LogP contribution in [0.3, 0.4) is 0 Å². The van der Waals surface area contributed by atoms with E-state index in [-0.39, 0.29) is 99.4 Å². The quantitative estimate of drug-likeness (QED) is 0.0969. The molecule has 0 aromatic heterocycles. The Labute approximate surface area is 486 Å². The van der Waals surface area contributed by atoms with E-state index in [9.17, 15) is 19.2 Å². The molecule has 2 aromatic rings. The molecule has 2 aromatic carbocycles. The van der Waals surface area contributed by atoms with Gasteiger partial charge in [0, 0.05) is 73.7 Å². The summed E-state index contributed by atoms with van der Waals surface area (Å²) in [6.45, 7) is 24.5. The number of allylic oxidation sites excluding steroid dienone is 1. The number of nitrogens with zero attached hydrogens (tertiary/aromatic N) is 4. The highest BCUT2D eigenvalue weighted by Crippen LogP contribution is 2.49. The normalized spacial score (nSPS) is 25.0. The van der Waals surface area contributed by atoms with Gasteiger partial charge in [0.15, 0.2) is 29.8 Å². The molecule has 8 rings (SSSR count). The molecule has 0 bridgehead atoms. The number of ether oxygens (including phenoxy) is 10. The highest BCUT2D eigenvalue weighted by atomic mass is 16.7. The summed E-state index contributed by atoms with van der Waals surface area (Å²) >= 11 is 0. The van der Waals surface area contributed by atoms with Gasteiger partial charge in [-0.1, -0.05) is 23.8 Å². The molecule has 2 saturated carbocycles. The fraction of sp³-hybridized carbons (Fsp3) is 0.683. The maximum Gasteiger partial charge on any atom is 0.410 e. The molecule has 454 valence electrons. The lowest BCUT2D eigenvalue weighted by atomic mass is 9.72. The van der Waals surface area contributed by atoms with Crippen LogP contribution in [0.15, 0.2) is 53.3 Å². The van der Waals surface area contributed by atoms with Gasteiger partial charge in [-0.3, -0.25) is 4.79 Å². The molecule has 3 aliphatic heterocycles. The summed E-state index contributed by atoms with van der Waals surface area (Å²) in [6.07, 6.45) is 6.56. The number of rotatable bonds is 20. The average molecular weight is 1140 g/mol. The third-order valence-electron chi connectivity index (χ3n) is 17.3.